The average Bonchev–Trinajstić information content (AvgIpc) is 3.08. The van der Waals surface area contributed by atoms with E-state index >= 15 is 0 Å². The maximum absolute atomic E-state index is 13.0. The predicted molar refractivity (Wildman–Crippen MR) is 109 cm³/mol. The highest BCUT2D eigenvalue weighted by Crippen LogP contribution is 2.40. The van der Waals surface area contributed by atoms with Gasteiger partial charge in [0.1, 0.15) is 5.76 Å². The lowest BCUT2D eigenvalue weighted by Crippen LogP contribution is -2.32. The predicted octanol–water partition coefficient (Wildman–Crippen LogP) is 1.81. The number of amides is 1. The number of hydrogen-bond donors (Lipinski definition) is 1. The summed E-state index contributed by atoms with van der Waals surface area (Å²) in [6.07, 6.45) is 3.96. The first-order valence-corrected chi connectivity index (χ1v) is 9.57. The number of nitrogens with zero attached hydrogens (tertiary/aromatic N) is 5. The maximum atomic E-state index is 13.0. The molecule has 3 rings (SSSR count). The molecule has 1 aliphatic rings. The van der Waals surface area contributed by atoms with Gasteiger partial charge in [-0.2, -0.15) is 5.10 Å². The molecule has 2 aromatic heterocycles. The third-order valence-corrected chi connectivity index (χ3v) is 5.31. The third-order valence-electron chi connectivity index (χ3n) is 5.31. The molecule has 2 aromatic rings. The van der Waals surface area contributed by atoms with E-state index in [1.807, 2.05) is 25.9 Å². The van der Waals surface area contributed by atoms with Crippen molar-refractivity contribution in [2.75, 3.05) is 27.2 Å². The molecule has 0 aromatic carbocycles. The van der Waals surface area contributed by atoms with Crippen LogP contribution in [-0.2, 0) is 16.6 Å². The van der Waals surface area contributed by atoms with Crippen LogP contribution in [0.1, 0.15) is 35.0 Å². The van der Waals surface area contributed by atoms with Gasteiger partial charge in [-0.25, -0.2) is 0 Å². The fourth-order valence-corrected chi connectivity index (χ4v) is 3.81. The number of aromatic nitrogens is 3. The maximum Gasteiger partial charge on any atom is 0.295 e. The standard InChI is InChI=1S/C21H27N5O3/c1-13-16(14(2)25(5)23-13)19(27)17-18(15-7-9-22-10-8-15)26(21(29)20(17)28)12-6-11-24(3)4/h7-10,18,27H,6,11-12H2,1-5H3/b19-17+/t18-/m1/s1. The Balaban J connectivity index is 2.13. The second kappa shape index (κ2) is 8.16. The van der Waals surface area contributed by atoms with Crippen LogP contribution in [-0.4, -0.2) is 68.5 Å². The van der Waals surface area contributed by atoms with Crippen molar-refractivity contribution in [3.8, 4) is 0 Å². The molecule has 1 atom stereocenters. The van der Waals surface area contributed by atoms with Crippen molar-refractivity contribution < 1.29 is 14.7 Å². The van der Waals surface area contributed by atoms with Gasteiger partial charge in [-0.05, 0) is 58.6 Å². The first-order valence-electron chi connectivity index (χ1n) is 9.57. The Morgan fingerprint density at radius 1 is 1.21 bits per heavy atom. The molecule has 1 amide bonds. The molecule has 0 radical (unpaired) electrons. The van der Waals surface area contributed by atoms with E-state index in [1.165, 1.54) is 0 Å². The second-order valence-corrected chi connectivity index (χ2v) is 7.60. The Labute approximate surface area is 170 Å². The van der Waals surface area contributed by atoms with Crippen LogP contribution < -0.4 is 0 Å². The molecule has 1 N–H and O–H groups in total. The van der Waals surface area contributed by atoms with Gasteiger partial charge in [0.05, 0.1) is 22.9 Å². The van der Waals surface area contributed by atoms with E-state index in [1.54, 1.807) is 48.1 Å². The minimum atomic E-state index is -0.670. The number of carbonyl (C=O) groups is 2. The molecule has 0 aliphatic carbocycles. The van der Waals surface area contributed by atoms with Crippen molar-refractivity contribution in [2.24, 2.45) is 7.05 Å². The molecule has 3 heterocycles. The van der Waals surface area contributed by atoms with Crippen LogP contribution in [0, 0.1) is 13.8 Å². The number of pyridine rings is 1. The number of ketones is 1. The molecule has 154 valence electrons. The topological polar surface area (TPSA) is 91.6 Å². The van der Waals surface area contributed by atoms with Crippen molar-refractivity contribution in [3.05, 3.63) is 52.6 Å². The smallest absolute Gasteiger partial charge is 0.295 e. The molecule has 1 fully saturated rings. The largest absolute Gasteiger partial charge is 0.507 e. The van der Waals surface area contributed by atoms with Crippen LogP contribution >= 0.6 is 0 Å². The minimum Gasteiger partial charge on any atom is -0.507 e. The Morgan fingerprint density at radius 2 is 1.86 bits per heavy atom. The van der Waals surface area contributed by atoms with Gasteiger partial charge in [-0.3, -0.25) is 19.3 Å². The summed E-state index contributed by atoms with van der Waals surface area (Å²) >= 11 is 0. The minimum absolute atomic E-state index is 0.102. The van der Waals surface area contributed by atoms with E-state index in [2.05, 4.69) is 10.1 Å². The number of aliphatic hydroxyl groups is 1. The Kier molecular flexibility index (Phi) is 5.83. The number of carbonyl (C=O) groups excluding carboxylic acids is 2. The van der Waals surface area contributed by atoms with Crippen molar-refractivity contribution in [1.29, 1.82) is 0 Å². The zero-order valence-corrected chi connectivity index (χ0v) is 17.5. The Morgan fingerprint density at radius 3 is 2.41 bits per heavy atom. The van der Waals surface area contributed by atoms with E-state index in [4.69, 9.17) is 0 Å². The number of hydrogen-bond acceptors (Lipinski definition) is 6. The number of rotatable bonds is 6. The summed E-state index contributed by atoms with van der Waals surface area (Å²) in [6.45, 7) is 4.80. The molecule has 0 saturated carbocycles. The van der Waals surface area contributed by atoms with Gasteiger partial charge in [0, 0.05) is 31.7 Å². The van der Waals surface area contributed by atoms with E-state index in [-0.39, 0.29) is 11.3 Å². The molecule has 0 unspecified atom stereocenters. The monoisotopic (exact) mass is 397 g/mol. The molecular formula is C21H27N5O3. The Bertz CT molecular complexity index is 962. The zero-order chi connectivity index (χ0) is 21.3. The molecule has 29 heavy (non-hydrogen) atoms. The molecule has 0 bridgehead atoms. The highest BCUT2D eigenvalue weighted by atomic mass is 16.3. The van der Waals surface area contributed by atoms with Crippen LogP contribution in [0.5, 0.6) is 0 Å². The molecule has 1 saturated heterocycles. The van der Waals surface area contributed by atoms with Crippen molar-refractivity contribution in [2.45, 2.75) is 26.3 Å². The van der Waals surface area contributed by atoms with Crippen LogP contribution in [0.25, 0.3) is 5.76 Å². The second-order valence-electron chi connectivity index (χ2n) is 7.60. The van der Waals surface area contributed by atoms with E-state index in [0.717, 1.165) is 17.8 Å². The summed E-state index contributed by atoms with van der Waals surface area (Å²) < 4.78 is 1.65. The van der Waals surface area contributed by atoms with Gasteiger partial charge in [0.25, 0.3) is 11.7 Å². The zero-order valence-electron chi connectivity index (χ0n) is 17.5. The summed E-state index contributed by atoms with van der Waals surface area (Å²) in [5, 5.41) is 15.5. The first kappa shape index (κ1) is 20.7. The van der Waals surface area contributed by atoms with Crippen LogP contribution in [0.3, 0.4) is 0 Å². The molecule has 8 heteroatoms. The van der Waals surface area contributed by atoms with E-state index in [0.29, 0.717) is 24.2 Å². The van der Waals surface area contributed by atoms with Gasteiger partial charge in [0.15, 0.2) is 0 Å². The third kappa shape index (κ3) is 3.80. The van der Waals surface area contributed by atoms with Gasteiger partial charge >= 0.3 is 0 Å². The van der Waals surface area contributed by atoms with Crippen molar-refractivity contribution in [3.63, 3.8) is 0 Å². The molecular weight excluding hydrogens is 370 g/mol. The summed E-state index contributed by atoms with van der Waals surface area (Å²) in [6, 6.07) is 2.89. The van der Waals surface area contributed by atoms with Crippen LogP contribution in [0.15, 0.2) is 30.1 Å². The van der Waals surface area contributed by atoms with E-state index < -0.39 is 17.7 Å². The van der Waals surface area contributed by atoms with Gasteiger partial charge < -0.3 is 14.9 Å². The van der Waals surface area contributed by atoms with Gasteiger partial charge in [0.2, 0.25) is 0 Å². The van der Waals surface area contributed by atoms with Gasteiger partial charge in [-0.15, -0.1) is 0 Å². The van der Waals surface area contributed by atoms with E-state index in [9.17, 15) is 14.7 Å². The molecule has 0 spiro atoms. The summed E-state index contributed by atoms with van der Waals surface area (Å²) in [5.41, 5.74) is 2.68. The number of Topliss-reactive ketones (excluding diaryl/α,β-unsaturated/α-hetero) is 1. The normalized spacial score (nSPS) is 18.8. The van der Waals surface area contributed by atoms with Crippen LogP contribution in [0.4, 0.5) is 0 Å². The lowest BCUT2D eigenvalue weighted by molar-refractivity contribution is -0.139. The highest BCUT2D eigenvalue weighted by Gasteiger charge is 2.46. The fraction of sp³-hybridized carbons (Fsp3) is 0.429. The quantitative estimate of drug-likeness (QED) is 0.454. The number of likely N-dealkylation sites (tertiary alicyclic amines) is 1. The SMILES string of the molecule is Cc1nn(C)c(C)c1/C(O)=C1\C(=O)C(=O)N(CCCN(C)C)[C@@H]1c1ccncc1. The van der Waals surface area contributed by atoms with Crippen molar-refractivity contribution >= 4 is 17.4 Å². The highest BCUT2D eigenvalue weighted by molar-refractivity contribution is 6.46. The lowest BCUT2D eigenvalue weighted by atomic mass is 9.95. The summed E-state index contributed by atoms with van der Waals surface area (Å²) in [5.74, 6) is -1.44. The summed E-state index contributed by atoms with van der Waals surface area (Å²) in [4.78, 5) is 33.5. The fourth-order valence-electron chi connectivity index (χ4n) is 3.81. The summed E-state index contributed by atoms with van der Waals surface area (Å²) in [7, 11) is 5.70. The number of aliphatic hydroxyl groups excluding tert-OH is 1. The van der Waals surface area contributed by atoms with Crippen molar-refractivity contribution in [1.82, 2.24) is 24.6 Å². The van der Waals surface area contributed by atoms with Crippen LogP contribution in [0.2, 0.25) is 0 Å². The molecule has 8 nitrogen and oxygen atoms in total. The molecule has 1 aliphatic heterocycles. The number of aryl methyl sites for hydroxylation is 2. The Hall–Kier alpha value is -3.00. The lowest BCUT2D eigenvalue weighted by Gasteiger charge is -2.25. The first-order chi connectivity index (χ1) is 13.7. The van der Waals surface area contributed by atoms with Gasteiger partial charge in [-0.1, -0.05) is 0 Å². The average molecular weight is 397 g/mol.